The van der Waals surface area contributed by atoms with Crippen LogP contribution in [0.15, 0.2) is 36.5 Å². The van der Waals surface area contributed by atoms with E-state index in [0.29, 0.717) is 11.3 Å². The molecule has 0 fully saturated rings. The van der Waals surface area contributed by atoms with Crippen LogP contribution in [0.3, 0.4) is 0 Å². The molecule has 1 aromatic carbocycles. The minimum atomic E-state index is -1.05. The largest absolute Gasteiger partial charge is 0.478 e. The normalized spacial score (nSPS) is 10.2. The molecule has 6 heteroatoms. The number of hydrogen-bond acceptors (Lipinski definition) is 3. The summed E-state index contributed by atoms with van der Waals surface area (Å²) >= 11 is 5.85. The summed E-state index contributed by atoms with van der Waals surface area (Å²) in [6.07, 6.45) is 1.25. The number of primary amides is 1. The molecule has 0 unspecified atom stereocenters. The van der Waals surface area contributed by atoms with Gasteiger partial charge in [-0.3, -0.25) is 9.78 Å². The van der Waals surface area contributed by atoms with Crippen molar-refractivity contribution < 1.29 is 14.7 Å². The van der Waals surface area contributed by atoms with Crippen LogP contribution in [0.4, 0.5) is 0 Å². The fraction of sp³-hybridized carbons (Fsp3) is 0. The zero-order chi connectivity index (χ0) is 14.0. The summed E-state index contributed by atoms with van der Waals surface area (Å²) in [5.41, 5.74) is 6.66. The Bertz CT molecular complexity index is 653. The van der Waals surface area contributed by atoms with E-state index in [-0.39, 0.29) is 16.1 Å². The van der Waals surface area contributed by atoms with E-state index in [0.717, 1.165) is 0 Å². The summed E-state index contributed by atoms with van der Waals surface area (Å²) < 4.78 is 0. The van der Waals surface area contributed by atoms with Crippen LogP contribution in [0.25, 0.3) is 11.3 Å². The molecule has 0 spiro atoms. The van der Waals surface area contributed by atoms with Crippen LogP contribution >= 0.6 is 11.6 Å². The van der Waals surface area contributed by atoms with Crippen LogP contribution in [0.1, 0.15) is 20.7 Å². The monoisotopic (exact) mass is 276 g/mol. The van der Waals surface area contributed by atoms with Crippen molar-refractivity contribution in [1.29, 1.82) is 0 Å². The summed E-state index contributed by atoms with van der Waals surface area (Å²) in [6, 6.07) is 7.73. The molecular formula is C13H9ClN2O3. The number of amides is 1. The summed E-state index contributed by atoms with van der Waals surface area (Å²) in [4.78, 5) is 25.9. The Morgan fingerprint density at radius 3 is 2.47 bits per heavy atom. The molecule has 5 nitrogen and oxygen atoms in total. The maximum Gasteiger partial charge on any atom is 0.337 e. The number of carboxylic acids is 1. The number of benzene rings is 1. The van der Waals surface area contributed by atoms with Crippen molar-refractivity contribution in [1.82, 2.24) is 4.98 Å². The maximum atomic E-state index is 11.2. The Balaban J connectivity index is 2.44. The molecule has 3 N–H and O–H groups in total. The molecule has 1 heterocycles. The molecule has 0 aliphatic heterocycles. The predicted molar refractivity (Wildman–Crippen MR) is 70.2 cm³/mol. The van der Waals surface area contributed by atoms with Crippen molar-refractivity contribution in [2.24, 2.45) is 5.73 Å². The zero-order valence-electron chi connectivity index (χ0n) is 9.63. The number of pyridine rings is 1. The standard InChI is InChI=1S/C13H9ClN2O3/c14-10-3-1-7(5-9(10)12(15)17)11-4-2-8(6-16-11)13(18)19/h1-6H,(H2,15,17)(H,18,19). The van der Waals surface area contributed by atoms with Crippen LogP contribution in [0.5, 0.6) is 0 Å². The Morgan fingerprint density at radius 2 is 1.95 bits per heavy atom. The van der Waals surface area contributed by atoms with E-state index in [1.165, 1.54) is 18.3 Å². The molecule has 0 saturated heterocycles. The van der Waals surface area contributed by atoms with Gasteiger partial charge in [0.05, 0.1) is 21.8 Å². The Hall–Kier alpha value is -2.40. The molecule has 0 radical (unpaired) electrons. The third kappa shape index (κ3) is 2.71. The summed E-state index contributed by atoms with van der Waals surface area (Å²) in [5, 5.41) is 9.04. The molecule has 0 bridgehead atoms. The number of hydrogen-bond donors (Lipinski definition) is 2. The fourth-order valence-corrected chi connectivity index (χ4v) is 1.78. The number of rotatable bonds is 3. The average Bonchev–Trinajstić information content (AvgIpc) is 2.39. The fourth-order valence-electron chi connectivity index (χ4n) is 1.56. The third-order valence-corrected chi connectivity index (χ3v) is 2.87. The molecule has 0 aliphatic carbocycles. The number of halogens is 1. The number of carbonyl (C=O) groups excluding carboxylic acids is 1. The first-order valence-electron chi connectivity index (χ1n) is 5.28. The Morgan fingerprint density at radius 1 is 1.21 bits per heavy atom. The molecule has 0 atom stereocenters. The number of aromatic carboxylic acids is 1. The molecule has 2 rings (SSSR count). The first-order valence-corrected chi connectivity index (χ1v) is 5.66. The van der Waals surface area contributed by atoms with E-state index in [1.807, 2.05) is 0 Å². The highest BCUT2D eigenvalue weighted by atomic mass is 35.5. The smallest absolute Gasteiger partial charge is 0.337 e. The molecule has 96 valence electrons. The molecule has 19 heavy (non-hydrogen) atoms. The molecule has 2 aromatic rings. The van der Waals surface area contributed by atoms with Gasteiger partial charge in [0.1, 0.15) is 0 Å². The average molecular weight is 277 g/mol. The van der Waals surface area contributed by atoms with Crippen LogP contribution in [0.2, 0.25) is 5.02 Å². The van der Waals surface area contributed by atoms with Gasteiger partial charge in [0.2, 0.25) is 5.91 Å². The molecule has 1 aromatic heterocycles. The Labute approximate surface area is 113 Å². The lowest BCUT2D eigenvalue weighted by Crippen LogP contribution is -2.11. The van der Waals surface area contributed by atoms with Gasteiger partial charge >= 0.3 is 5.97 Å². The van der Waals surface area contributed by atoms with Gasteiger partial charge in [-0.15, -0.1) is 0 Å². The SMILES string of the molecule is NC(=O)c1cc(-c2ccc(C(=O)O)cn2)ccc1Cl. The van der Waals surface area contributed by atoms with Crippen molar-refractivity contribution in [2.75, 3.05) is 0 Å². The van der Waals surface area contributed by atoms with Crippen LogP contribution in [0, 0.1) is 0 Å². The van der Waals surface area contributed by atoms with Gasteiger partial charge in [0.15, 0.2) is 0 Å². The zero-order valence-corrected chi connectivity index (χ0v) is 10.4. The second-order valence-electron chi connectivity index (χ2n) is 3.80. The van der Waals surface area contributed by atoms with Crippen molar-refractivity contribution in [3.05, 3.63) is 52.7 Å². The predicted octanol–water partition coefficient (Wildman–Crippen LogP) is 2.20. The summed E-state index contributed by atoms with van der Waals surface area (Å²) in [5.74, 6) is -1.68. The quantitative estimate of drug-likeness (QED) is 0.898. The van der Waals surface area contributed by atoms with Crippen LogP contribution in [-0.2, 0) is 0 Å². The highest BCUT2D eigenvalue weighted by molar-refractivity contribution is 6.33. The first-order chi connectivity index (χ1) is 8.99. The van der Waals surface area contributed by atoms with E-state index in [9.17, 15) is 9.59 Å². The van der Waals surface area contributed by atoms with Gasteiger partial charge in [-0.2, -0.15) is 0 Å². The number of carboxylic acid groups (broad SMARTS) is 1. The minimum Gasteiger partial charge on any atom is -0.478 e. The van der Waals surface area contributed by atoms with Crippen molar-refractivity contribution in [3.8, 4) is 11.3 Å². The lowest BCUT2D eigenvalue weighted by molar-refractivity contribution is 0.0696. The molecule has 0 saturated carbocycles. The van der Waals surface area contributed by atoms with Crippen molar-refractivity contribution in [2.45, 2.75) is 0 Å². The highest BCUT2D eigenvalue weighted by Crippen LogP contribution is 2.23. The molecule has 0 aliphatic rings. The minimum absolute atomic E-state index is 0.0906. The van der Waals surface area contributed by atoms with E-state index in [1.54, 1.807) is 18.2 Å². The third-order valence-electron chi connectivity index (χ3n) is 2.54. The lowest BCUT2D eigenvalue weighted by Gasteiger charge is -2.05. The lowest BCUT2D eigenvalue weighted by atomic mass is 10.1. The van der Waals surface area contributed by atoms with Crippen LogP contribution < -0.4 is 5.73 Å². The maximum absolute atomic E-state index is 11.2. The topological polar surface area (TPSA) is 93.3 Å². The number of nitrogens with two attached hydrogens (primary N) is 1. The molecule has 1 amide bonds. The van der Waals surface area contributed by atoms with Gasteiger partial charge in [-0.1, -0.05) is 17.7 Å². The van der Waals surface area contributed by atoms with Crippen molar-refractivity contribution in [3.63, 3.8) is 0 Å². The van der Waals surface area contributed by atoms with Gasteiger partial charge < -0.3 is 10.8 Å². The number of carbonyl (C=O) groups is 2. The number of nitrogens with zero attached hydrogens (tertiary/aromatic N) is 1. The Kier molecular flexibility index (Phi) is 3.48. The van der Waals surface area contributed by atoms with Crippen LogP contribution in [-0.4, -0.2) is 22.0 Å². The van der Waals surface area contributed by atoms with Gasteiger partial charge in [0, 0.05) is 11.8 Å². The second-order valence-corrected chi connectivity index (χ2v) is 4.20. The molecular weight excluding hydrogens is 268 g/mol. The summed E-state index contributed by atoms with van der Waals surface area (Å²) in [6.45, 7) is 0. The summed E-state index contributed by atoms with van der Waals surface area (Å²) in [7, 11) is 0. The first kappa shape index (κ1) is 13.0. The number of aromatic nitrogens is 1. The van der Waals surface area contributed by atoms with E-state index in [2.05, 4.69) is 4.98 Å². The van der Waals surface area contributed by atoms with E-state index < -0.39 is 11.9 Å². The van der Waals surface area contributed by atoms with Gasteiger partial charge in [-0.25, -0.2) is 4.79 Å². The van der Waals surface area contributed by atoms with Gasteiger partial charge in [0.25, 0.3) is 0 Å². The van der Waals surface area contributed by atoms with E-state index in [4.69, 9.17) is 22.4 Å². The second kappa shape index (κ2) is 5.07. The van der Waals surface area contributed by atoms with E-state index >= 15 is 0 Å². The highest BCUT2D eigenvalue weighted by Gasteiger charge is 2.10. The van der Waals surface area contributed by atoms with Gasteiger partial charge in [-0.05, 0) is 24.3 Å². The van der Waals surface area contributed by atoms with Crippen molar-refractivity contribution >= 4 is 23.5 Å².